The van der Waals surface area contributed by atoms with E-state index in [0.717, 1.165) is 12.1 Å². The van der Waals surface area contributed by atoms with E-state index in [9.17, 15) is 4.79 Å². The molecule has 76 valence electrons. The Morgan fingerprint density at radius 2 is 2.21 bits per heavy atom. The van der Waals surface area contributed by atoms with E-state index < -0.39 is 0 Å². The van der Waals surface area contributed by atoms with Gasteiger partial charge in [0.15, 0.2) is 0 Å². The number of aromatic nitrogens is 2. The van der Waals surface area contributed by atoms with E-state index in [1.807, 2.05) is 20.8 Å². The molecule has 1 aromatic heterocycles. The van der Waals surface area contributed by atoms with Gasteiger partial charge in [0.1, 0.15) is 5.69 Å². The minimum Gasteiger partial charge on any atom is -0.348 e. The second kappa shape index (κ2) is 4.69. The van der Waals surface area contributed by atoms with Crippen LogP contribution in [0.3, 0.4) is 0 Å². The summed E-state index contributed by atoms with van der Waals surface area (Å²) in [5.41, 5.74) is 1.22. The summed E-state index contributed by atoms with van der Waals surface area (Å²) in [6.07, 6.45) is 3.94. The van der Waals surface area contributed by atoms with Gasteiger partial charge in [0.05, 0.1) is 11.9 Å². The highest BCUT2D eigenvalue weighted by molar-refractivity contribution is 5.92. The van der Waals surface area contributed by atoms with Gasteiger partial charge in [-0.25, -0.2) is 4.98 Å². The molecule has 0 saturated heterocycles. The molecule has 1 heterocycles. The Hall–Kier alpha value is -1.45. The molecule has 0 spiro atoms. The van der Waals surface area contributed by atoms with Crippen molar-refractivity contribution in [3.8, 4) is 0 Å². The summed E-state index contributed by atoms with van der Waals surface area (Å²) in [4.78, 5) is 19.6. The summed E-state index contributed by atoms with van der Waals surface area (Å²) >= 11 is 0. The Bertz CT molecular complexity index is 323. The van der Waals surface area contributed by atoms with Crippen LogP contribution in [-0.4, -0.2) is 21.9 Å². The van der Waals surface area contributed by atoms with E-state index in [1.54, 1.807) is 6.20 Å². The van der Waals surface area contributed by atoms with E-state index in [0.29, 0.717) is 5.69 Å². The second-order valence-corrected chi connectivity index (χ2v) is 3.38. The lowest BCUT2D eigenvalue weighted by Gasteiger charge is -2.07. The zero-order valence-corrected chi connectivity index (χ0v) is 8.74. The van der Waals surface area contributed by atoms with E-state index in [1.165, 1.54) is 6.20 Å². The van der Waals surface area contributed by atoms with Gasteiger partial charge in [-0.15, -0.1) is 0 Å². The van der Waals surface area contributed by atoms with E-state index in [4.69, 9.17) is 0 Å². The number of carbonyl (C=O) groups is 1. The van der Waals surface area contributed by atoms with Crippen molar-refractivity contribution in [2.24, 2.45) is 0 Å². The van der Waals surface area contributed by atoms with Crippen LogP contribution < -0.4 is 5.32 Å². The number of hydrogen-bond donors (Lipinski definition) is 1. The highest BCUT2D eigenvalue weighted by Gasteiger charge is 2.08. The van der Waals surface area contributed by atoms with Gasteiger partial charge in [0.2, 0.25) is 0 Å². The third-order valence-electron chi connectivity index (χ3n) is 1.70. The van der Waals surface area contributed by atoms with Crippen molar-refractivity contribution in [3.63, 3.8) is 0 Å². The van der Waals surface area contributed by atoms with Crippen LogP contribution >= 0.6 is 0 Å². The second-order valence-electron chi connectivity index (χ2n) is 3.38. The van der Waals surface area contributed by atoms with Crippen LogP contribution in [0.25, 0.3) is 0 Å². The molecule has 0 aliphatic heterocycles. The molecule has 1 N–H and O–H groups in total. The van der Waals surface area contributed by atoms with Gasteiger partial charge >= 0.3 is 0 Å². The molecular formula is C10H15N3O. The Morgan fingerprint density at radius 1 is 1.50 bits per heavy atom. The van der Waals surface area contributed by atoms with Gasteiger partial charge in [-0.2, -0.15) is 0 Å². The zero-order valence-electron chi connectivity index (χ0n) is 8.74. The van der Waals surface area contributed by atoms with Crippen LogP contribution in [0.2, 0.25) is 0 Å². The van der Waals surface area contributed by atoms with Crippen LogP contribution in [0.4, 0.5) is 0 Å². The first-order valence-corrected chi connectivity index (χ1v) is 4.75. The van der Waals surface area contributed by atoms with Gasteiger partial charge in [0.25, 0.3) is 5.91 Å². The molecule has 1 rings (SSSR count). The summed E-state index contributed by atoms with van der Waals surface area (Å²) in [5.74, 6) is -0.164. The van der Waals surface area contributed by atoms with Crippen molar-refractivity contribution in [3.05, 3.63) is 23.8 Å². The number of carbonyl (C=O) groups excluding carboxylic acids is 1. The predicted molar refractivity (Wildman–Crippen MR) is 54.0 cm³/mol. The van der Waals surface area contributed by atoms with E-state index in [-0.39, 0.29) is 11.9 Å². The van der Waals surface area contributed by atoms with Crippen LogP contribution in [0.1, 0.15) is 37.0 Å². The third-order valence-corrected chi connectivity index (χ3v) is 1.70. The summed E-state index contributed by atoms with van der Waals surface area (Å²) in [5, 5.41) is 2.77. The summed E-state index contributed by atoms with van der Waals surface area (Å²) in [7, 11) is 0. The zero-order chi connectivity index (χ0) is 10.6. The monoisotopic (exact) mass is 193 g/mol. The maximum absolute atomic E-state index is 11.5. The number of nitrogens with zero attached hydrogens (tertiary/aromatic N) is 2. The molecule has 0 aromatic carbocycles. The summed E-state index contributed by atoms with van der Waals surface area (Å²) < 4.78 is 0. The molecule has 0 unspecified atom stereocenters. The molecule has 14 heavy (non-hydrogen) atoms. The fraction of sp³-hybridized carbons (Fsp3) is 0.500. The fourth-order valence-electron chi connectivity index (χ4n) is 1.02. The van der Waals surface area contributed by atoms with Gasteiger partial charge in [-0.1, -0.05) is 6.92 Å². The van der Waals surface area contributed by atoms with Crippen molar-refractivity contribution < 1.29 is 4.79 Å². The molecule has 1 aromatic rings. The molecule has 1 amide bonds. The van der Waals surface area contributed by atoms with Crippen molar-refractivity contribution in [2.75, 3.05) is 0 Å². The molecule has 0 saturated carbocycles. The standard InChI is InChI=1S/C10H15N3O/c1-4-8-5-11-6-9(13-8)10(14)12-7(2)3/h5-7H,4H2,1-3H3,(H,12,14). The number of hydrogen-bond acceptors (Lipinski definition) is 3. The maximum atomic E-state index is 11.5. The lowest BCUT2D eigenvalue weighted by Crippen LogP contribution is -2.31. The van der Waals surface area contributed by atoms with Crippen molar-refractivity contribution >= 4 is 5.91 Å². The van der Waals surface area contributed by atoms with Gasteiger partial charge in [-0.05, 0) is 20.3 Å². The number of nitrogens with one attached hydrogen (secondary N) is 1. The molecule has 4 nitrogen and oxygen atoms in total. The van der Waals surface area contributed by atoms with E-state index in [2.05, 4.69) is 15.3 Å². The molecule has 0 bridgehead atoms. The van der Waals surface area contributed by atoms with Crippen molar-refractivity contribution in [2.45, 2.75) is 33.2 Å². The van der Waals surface area contributed by atoms with Crippen LogP contribution in [0.5, 0.6) is 0 Å². The topological polar surface area (TPSA) is 54.9 Å². The van der Waals surface area contributed by atoms with Gasteiger partial charge < -0.3 is 5.32 Å². The predicted octanol–water partition coefficient (Wildman–Crippen LogP) is 1.18. The van der Waals surface area contributed by atoms with Crippen LogP contribution in [0, 0.1) is 0 Å². The molecular weight excluding hydrogens is 178 g/mol. The minimum absolute atomic E-state index is 0.120. The first-order valence-electron chi connectivity index (χ1n) is 4.75. The van der Waals surface area contributed by atoms with Crippen molar-refractivity contribution in [1.82, 2.24) is 15.3 Å². The third kappa shape index (κ3) is 2.80. The van der Waals surface area contributed by atoms with Gasteiger partial charge in [-0.3, -0.25) is 9.78 Å². The molecule has 0 fully saturated rings. The number of aryl methyl sites for hydroxylation is 1. The van der Waals surface area contributed by atoms with Crippen molar-refractivity contribution in [1.29, 1.82) is 0 Å². The average Bonchev–Trinajstić information content (AvgIpc) is 2.17. The first-order chi connectivity index (χ1) is 6.63. The maximum Gasteiger partial charge on any atom is 0.271 e. The number of amides is 1. The van der Waals surface area contributed by atoms with Gasteiger partial charge in [0, 0.05) is 12.2 Å². The molecule has 0 radical (unpaired) electrons. The van der Waals surface area contributed by atoms with E-state index >= 15 is 0 Å². The highest BCUT2D eigenvalue weighted by Crippen LogP contribution is 1.97. The molecule has 4 heteroatoms. The SMILES string of the molecule is CCc1cncc(C(=O)NC(C)C)n1. The first kappa shape index (κ1) is 10.6. The normalized spacial score (nSPS) is 10.3. The quantitative estimate of drug-likeness (QED) is 0.784. The largest absolute Gasteiger partial charge is 0.348 e. The fourth-order valence-corrected chi connectivity index (χ4v) is 1.02. The molecule has 0 atom stereocenters. The Morgan fingerprint density at radius 3 is 2.79 bits per heavy atom. The summed E-state index contributed by atoms with van der Waals surface area (Å²) in [6, 6.07) is 0.120. The Labute approximate surface area is 83.8 Å². The highest BCUT2D eigenvalue weighted by atomic mass is 16.1. The molecule has 0 aliphatic carbocycles. The Balaban J connectivity index is 2.79. The lowest BCUT2D eigenvalue weighted by atomic mass is 10.3. The average molecular weight is 193 g/mol. The minimum atomic E-state index is -0.164. The van der Waals surface area contributed by atoms with Crippen LogP contribution in [0.15, 0.2) is 12.4 Å². The Kier molecular flexibility index (Phi) is 3.56. The smallest absolute Gasteiger partial charge is 0.271 e. The number of rotatable bonds is 3. The summed E-state index contributed by atoms with van der Waals surface area (Å²) in [6.45, 7) is 5.80. The van der Waals surface area contributed by atoms with Crippen LogP contribution in [-0.2, 0) is 6.42 Å². The molecule has 0 aliphatic rings. The lowest BCUT2D eigenvalue weighted by molar-refractivity contribution is 0.0937.